The van der Waals surface area contributed by atoms with E-state index < -0.39 is 17.9 Å². The molecule has 0 aliphatic carbocycles. The number of aromatic nitrogens is 3. The monoisotopic (exact) mass is 1570 g/mol. The van der Waals surface area contributed by atoms with E-state index in [4.69, 9.17) is 15.3 Å². The molecule has 0 bridgehead atoms. The van der Waals surface area contributed by atoms with E-state index in [1.165, 1.54) is 56.1 Å². The third kappa shape index (κ3) is 32.0. The number of carbonyl (C=O) groups is 3. The van der Waals surface area contributed by atoms with Gasteiger partial charge in [0.05, 0.1) is 0 Å². The van der Waals surface area contributed by atoms with Crippen LogP contribution in [0.4, 0.5) is 0 Å². The predicted octanol–water partition coefficient (Wildman–Crippen LogP) is 8.31. The van der Waals surface area contributed by atoms with E-state index in [2.05, 4.69) is 56.5 Å². The third-order valence-electron chi connectivity index (χ3n) is 7.98. The van der Waals surface area contributed by atoms with Gasteiger partial charge in [0.25, 0.3) is 0 Å². The Morgan fingerprint density at radius 2 is 0.507 bits per heavy atom. The molecule has 21 nitrogen and oxygen atoms in total. The number of aromatic carboxylic acids is 3. The quantitative estimate of drug-likeness (QED) is 0.200. The van der Waals surface area contributed by atoms with Gasteiger partial charge >= 0.3 is 77.3 Å². The molecule has 24 heteroatoms. The van der Waals surface area contributed by atoms with Crippen molar-refractivity contribution in [3.05, 3.63) is 205 Å². The van der Waals surface area contributed by atoms with Crippen LogP contribution in [0, 0.1) is 40.0 Å². The van der Waals surface area contributed by atoms with Crippen molar-refractivity contribution < 1.29 is 89.1 Å². The second-order valence-electron chi connectivity index (χ2n) is 15.4. The van der Waals surface area contributed by atoms with E-state index in [0.29, 0.717) is 0 Å². The van der Waals surface area contributed by atoms with E-state index in [-0.39, 0.29) is 76.5 Å². The first-order chi connectivity index (χ1) is 34.4. The fraction of sp³-hybridized carbons (Fsp3) is 0.294. The molecule has 3 aromatic rings. The Bertz CT molecular complexity index is 1820. The topological polar surface area (TPSA) is 189 Å². The van der Waals surface area contributed by atoms with Crippen molar-refractivity contribution >= 4 is 17.9 Å². The first-order valence-corrected chi connectivity index (χ1v) is 23.1. The molecule has 6 aliphatic heterocycles. The summed E-state index contributed by atoms with van der Waals surface area (Å²) < 4.78 is 0. The zero-order valence-electron chi connectivity index (χ0n) is 44.8. The summed E-state index contributed by atoms with van der Waals surface area (Å²) in [5, 5.41) is 37.0. The molecule has 0 aromatic carbocycles. The van der Waals surface area contributed by atoms with E-state index >= 15 is 0 Å². The summed E-state index contributed by atoms with van der Waals surface area (Å²) in [6.45, 7) is 24.8. The summed E-state index contributed by atoms with van der Waals surface area (Å²) in [4.78, 5) is 53.2. The summed E-state index contributed by atoms with van der Waals surface area (Å²) in [5.41, 5.74) is 0.243. The SMILES string of the molecule is CCC.CCC.CCC.CN1C=CN(N2C=CN(C)[CH-]2)[CH-]1.CN1C=CN(N2C=CN(C)[CH-]2)[CH-]1.CN1C=CN(N2C=CN(C)[CH-]2)[CH-]1.O=C(O)c1ccccn1.O=C(O)c1ccccn1.O=C(O)c1ccccn1.[Os+2].[Os+2].[Os+2]. The molecule has 0 atom stereocenters. The van der Waals surface area contributed by atoms with Crippen molar-refractivity contribution in [1.82, 2.24) is 74.4 Å². The summed E-state index contributed by atoms with van der Waals surface area (Å²) in [7, 11) is 12.0. The molecule has 414 valence electrons. The van der Waals surface area contributed by atoms with Gasteiger partial charge in [0.15, 0.2) is 0 Å². The minimum atomic E-state index is -0.990. The predicted molar refractivity (Wildman–Crippen MR) is 280 cm³/mol. The van der Waals surface area contributed by atoms with Crippen molar-refractivity contribution in [1.29, 1.82) is 0 Å². The number of pyridine rings is 3. The summed E-state index contributed by atoms with van der Waals surface area (Å²) in [5.74, 6) is -2.97. The van der Waals surface area contributed by atoms with Gasteiger partial charge in [-0.3, -0.25) is 0 Å². The van der Waals surface area contributed by atoms with E-state index in [1.54, 1.807) is 36.4 Å². The molecule has 0 fully saturated rings. The second-order valence-corrected chi connectivity index (χ2v) is 15.4. The summed E-state index contributed by atoms with van der Waals surface area (Å²) in [6.07, 6.45) is 32.1. The smallest absolute Gasteiger partial charge is 0.509 e. The van der Waals surface area contributed by atoms with Crippen LogP contribution >= 0.6 is 0 Å². The Morgan fingerprint density at radius 1 is 0.347 bits per heavy atom. The standard InChI is InChI=1S/3C8H12N4.3C6H5NO2.3C3H8.3Os/c3*1-9-3-5-11(7-9)12-6-4-10(2)8-12;3*8-6(9)5-3-1-2-4-7-5;3*1-3-2;;;/h3*3-8H,1-2H3;3*1-4H,(H,8,9);3*3H2,1-2H3;;;/q3*-2;;;;;;;3*+2. The Hall–Kier alpha value is -6.19. The number of hydrogen-bond donors (Lipinski definition) is 3. The zero-order chi connectivity index (χ0) is 53.8. The normalized spacial score (nSPS) is 14.4. The van der Waals surface area contributed by atoms with E-state index in [0.717, 1.165) is 0 Å². The Morgan fingerprint density at radius 3 is 0.587 bits per heavy atom. The molecule has 0 amide bonds. The Balaban J connectivity index is -0.000000800. The first-order valence-electron chi connectivity index (χ1n) is 23.1. The minimum Gasteiger partial charge on any atom is -0.509 e. The van der Waals surface area contributed by atoms with Crippen molar-refractivity contribution in [2.75, 3.05) is 42.3 Å². The van der Waals surface area contributed by atoms with Crippen LogP contribution in [0.2, 0.25) is 0 Å². The number of carboxylic acid groups (broad SMARTS) is 3. The van der Waals surface area contributed by atoms with Crippen LogP contribution in [0.5, 0.6) is 0 Å². The Labute approximate surface area is 486 Å². The van der Waals surface area contributed by atoms with Gasteiger partial charge in [0.1, 0.15) is 17.1 Å². The second kappa shape index (κ2) is 43.1. The summed E-state index contributed by atoms with van der Waals surface area (Å²) in [6, 6.07) is 14.3. The third-order valence-corrected chi connectivity index (χ3v) is 7.98. The van der Waals surface area contributed by atoms with Crippen molar-refractivity contribution in [2.24, 2.45) is 0 Å². The number of rotatable bonds is 6. The van der Waals surface area contributed by atoms with Crippen LogP contribution in [-0.2, 0) is 59.4 Å². The fourth-order valence-electron chi connectivity index (χ4n) is 4.91. The average Bonchev–Trinajstić information content (AvgIpc) is 4.25. The molecule has 0 saturated heterocycles. The average molecular weight is 1560 g/mol. The first kappa shape index (κ1) is 73.1. The van der Waals surface area contributed by atoms with Crippen LogP contribution in [-0.4, -0.2) is 150 Å². The van der Waals surface area contributed by atoms with Crippen LogP contribution in [0.15, 0.2) is 148 Å². The number of hydrogen-bond acceptors (Lipinski definition) is 18. The molecule has 6 aliphatic rings. The molecule has 3 N–H and O–H groups in total. The maximum absolute atomic E-state index is 10.1. The molecule has 0 radical (unpaired) electrons. The van der Waals surface area contributed by atoms with Crippen molar-refractivity contribution in [2.45, 2.75) is 60.8 Å². The molecule has 9 rings (SSSR count). The van der Waals surface area contributed by atoms with Crippen LogP contribution in [0.25, 0.3) is 0 Å². The number of nitrogens with zero attached hydrogens (tertiary/aromatic N) is 15. The largest absolute Gasteiger partial charge is 2.00 e. The van der Waals surface area contributed by atoms with Gasteiger partial charge in [-0.25, -0.2) is 29.3 Å². The molecular formula is C51H75N15O6Os3. The molecule has 75 heavy (non-hydrogen) atoms. The maximum atomic E-state index is 10.1. The fourth-order valence-corrected chi connectivity index (χ4v) is 4.91. The van der Waals surface area contributed by atoms with Crippen LogP contribution in [0.3, 0.4) is 0 Å². The van der Waals surface area contributed by atoms with Crippen molar-refractivity contribution in [3.8, 4) is 0 Å². The van der Waals surface area contributed by atoms with E-state index in [1.807, 2.05) is 216 Å². The molecule has 3 aromatic heterocycles. The summed E-state index contributed by atoms with van der Waals surface area (Å²) >= 11 is 0. The number of hydrazine groups is 3. The molecule has 0 spiro atoms. The molecule has 0 unspecified atom stereocenters. The molecular weight excluding hydrogens is 1490 g/mol. The van der Waals surface area contributed by atoms with E-state index in [9.17, 15) is 14.4 Å². The van der Waals surface area contributed by atoms with Crippen molar-refractivity contribution in [3.63, 3.8) is 0 Å². The van der Waals surface area contributed by atoms with Gasteiger partial charge in [-0.05, 0) is 116 Å². The van der Waals surface area contributed by atoms with Gasteiger partial charge in [-0.15, -0.1) is 40.0 Å². The zero-order valence-corrected chi connectivity index (χ0v) is 52.4. The van der Waals surface area contributed by atoms with Crippen LogP contribution in [0.1, 0.15) is 92.3 Å². The number of carboxylic acids is 3. The maximum Gasteiger partial charge on any atom is 2.00 e. The van der Waals surface area contributed by atoms with Gasteiger partial charge in [-0.1, -0.05) is 79.0 Å². The van der Waals surface area contributed by atoms with Gasteiger partial charge in [0, 0.05) is 55.8 Å². The van der Waals surface area contributed by atoms with Gasteiger partial charge in [-0.2, -0.15) is 0 Å². The Kier molecular flexibility index (Phi) is 42.0. The van der Waals surface area contributed by atoms with Gasteiger partial charge < -0.3 is 74.8 Å². The van der Waals surface area contributed by atoms with Crippen LogP contribution < -0.4 is 0 Å². The molecule has 0 saturated carbocycles. The van der Waals surface area contributed by atoms with Gasteiger partial charge in [0.2, 0.25) is 0 Å². The molecule has 9 heterocycles. The minimum absolute atomic E-state index is 0.